The van der Waals surface area contributed by atoms with Crippen LogP contribution in [0.1, 0.15) is 70.8 Å². The van der Waals surface area contributed by atoms with E-state index in [2.05, 4.69) is 28.9 Å². The molecule has 0 bridgehead atoms. The quantitative estimate of drug-likeness (QED) is 0.230. The second-order valence-electron chi connectivity index (χ2n) is 11.6. The van der Waals surface area contributed by atoms with Crippen molar-refractivity contribution in [3.63, 3.8) is 0 Å². The van der Waals surface area contributed by atoms with Crippen molar-refractivity contribution in [1.82, 2.24) is 19.8 Å². The molecule has 0 radical (unpaired) electrons. The summed E-state index contributed by atoms with van der Waals surface area (Å²) in [5.41, 5.74) is 7.02. The Morgan fingerprint density at radius 2 is 1.67 bits per heavy atom. The zero-order chi connectivity index (χ0) is 30.7. The van der Waals surface area contributed by atoms with Crippen molar-refractivity contribution < 1.29 is 22.8 Å². The third-order valence-electron chi connectivity index (χ3n) is 8.13. The Bertz CT molecular complexity index is 1180. The highest BCUT2D eigenvalue weighted by molar-refractivity contribution is 7.88. The van der Waals surface area contributed by atoms with E-state index in [-0.39, 0.29) is 41.9 Å². The van der Waals surface area contributed by atoms with Gasteiger partial charge in [-0.3, -0.25) is 14.4 Å². The predicted octanol–water partition coefficient (Wildman–Crippen LogP) is 2.02. The van der Waals surface area contributed by atoms with E-state index in [0.717, 1.165) is 50.3 Å². The van der Waals surface area contributed by atoms with Crippen LogP contribution in [0.3, 0.4) is 0 Å². The molecule has 1 aromatic rings. The number of carbonyl (C=O) groups is 3. The Hall–Kier alpha value is -2.99. The molecule has 4 N–H and O–H groups in total. The van der Waals surface area contributed by atoms with Gasteiger partial charge in [-0.1, -0.05) is 57.0 Å². The molecule has 12 heteroatoms. The number of aliphatic imine (C=N–C) groups is 1. The standard InChI is InChI=1S/C30H48N6O5S/c1-4-10-24(11-5-2)27(37)33-30(31)35-18-15-23(16-19-35)21-32-28(38)26-14-9-17-36(26)29(39)25(34-42(3,40)41)20-22-12-7-6-8-13-22/h6-8,12-13,23-26,34H,4-5,9-11,14-21H2,1-3H3,(H,32,38)(H2,31,33,37)/t25-,26+/m1/s1. The average molecular weight is 605 g/mol. The molecule has 2 saturated heterocycles. The van der Waals surface area contributed by atoms with Crippen molar-refractivity contribution in [2.24, 2.45) is 22.6 Å². The van der Waals surface area contributed by atoms with Gasteiger partial charge in [-0.2, -0.15) is 4.99 Å². The van der Waals surface area contributed by atoms with Crippen molar-refractivity contribution in [3.8, 4) is 0 Å². The zero-order valence-corrected chi connectivity index (χ0v) is 26.1. The van der Waals surface area contributed by atoms with Gasteiger partial charge in [-0.25, -0.2) is 13.1 Å². The first-order valence-electron chi connectivity index (χ1n) is 15.2. The molecule has 0 unspecified atom stereocenters. The SMILES string of the molecule is CCCC(CCC)C(=O)N=C(N)N1CCC(CNC(=O)[C@@H]2CCCN2C(=O)[C@@H](Cc2ccccc2)NS(C)(=O)=O)CC1. The summed E-state index contributed by atoms with van der Waals surface area (Å²) in [6.07, 6.45) is 7.53. The van der Waals surface area contributed by atoms with Crippen LogP contribution in [-0.2, 0) is 30.8 Å². The number of hydrogen-bond acceptors (Lipinski definition) is 5. The van der Waals surface area contributed by atoms with Gasteiger partial charge < -0.3 is 20.9 Å². The van der Waals surface area contributed by atoms with Crippen LogP contribution in [0.15, 0.2) is 35.3 Å². The van der Waals surface area contributed by atoms with Crippen molar-refractivity contribution in [3.05, 3.63) is 35.9 Å². The molecule has 11 nitrogen and oxygen atoms in total. The van der Waals surface area contributed by atoms with Crippen LogP contribution in [0.2, 0.25) is 0 Å². The number of nitrogens with zero attached hydrogens (tertiary/aromatic N) is 3. The molecule has 0 aliphatic carbocycles. The molecule has 2 aliphatic heterocycles. The maximum Gasteiger partial charge on any atom is 0.251 e. The van der Waals surface area contributed by atoms with E-state index in [1.165, 1.54) is 4.90 Å². The highest BCUT2D eigenvalue weighted by Crippen LogP contribution is 2.22. The highest BCUT2D eigenvalue weighted by atomic mass is 32.2. The molecule has 0 aromatic heterocycles. The summed E-state index contributed by atoms with van der Waals surface area (Å²) in [6.45, 7) is 6.32. The van der Waals surface area contributed by atoms with Gasteiger partial charge in [0.15, 0.2) is 5.96 Å². The Labute approximate surface area is 250 Å². The molecule has 2 heterocycles. The van der Waals surface area contributed by atoms with Gasteiger partial charge in [0.2, 0.25) is 21.8 Å². The fraction of sp³-hybridized carbons (Fsp3) is 0.667. The molecule has 2 fully saturated rings. The smallest absolute Gasteiger partial charge is 0.251 e. The maximum atomic E-state index is 13.5. The third kappa shape index (κ3) is 10.1. The monoisotopic (exact) mass is 604 g/mol. The molecule has 0 spiro atoms. The fourth-order valence-corrected chi connectivity index (χ4v) is 6.58. The Kier molecular flexibility index (Phi) is 12.8. The number of hydrogen-bond donors (Lipinski definition) is 3. The van der Waals surface area contributed by atoms with E-state index in [9.17, 15) is 22.8 Å². The van der Waals surface area contributed by atoms with E-state index in [4.69, 9.17) is 5.73 Å². The van der Waals surface area contributed by atoms with E-state index in [0.29, 0.717) is 39.0 Å². The van der Waals surface area contributed by atoms with Gasteiger partial charge in [0, 0.05) is 32.1 Å². The van der Waals surface area contributed by atoms with Gasteiger partial charge in [-0.05, 0) is 56.4 Å². The first-order valence-corrected chi connectivity index (χ1v) is 17.1. The maximum absolute atomic E-state index is 13.5. The van der Waals surface area contributed by atoms with E-state index < -0.39 is 22.1 Å². The van der Waals surface area contributed by atoms with Crippen molar-refractivity contribution in [1.29, 1.82) is 0 Å². The molecular formula is C30H48N6O5S. The minimum Gasteiger partial charge on any atom is -0.369 e. The first kappa shape index (κ1) is 33.5. The highest BCUT2D eigenvalue weighted by Gasteiger charge is 2.38. The largest absolute Gasteiger partial charge is 0.369 e. The number of amides is 3. The molecule has 2 atom stereocenters. The Morgan fingerprint density at radius 1 is 1.02 bits per heavy atom. The van der Waals surface area contributed by atoms with Crippen molar-refractivity contribution >= 4 is 33.7 Å². The van der Waals surface area contributed by atoms with Gasteiger partial charge in [0.25, 0.3) is 5.91 Å². The summed E-state index contributed by atoms with van der Waals surface area (Å²) in [5.74, 6) is -0.314. The normalized spacial score (nSPS) is 19.2. The minimum atomic E-state index is -3.65. The topological polar surface area (TPSA) is 154 Å². The van der Waals surface area contributed by atoms with Crippen LogP contribution in [0, 0.1) is 11.8 Å². The lowest BCUT2D eigenvalue weighted by molar-refractivity contribution is -0.139. The molecule has 3 rings (SSSR count). The first-order chi connectivity index (χ1) is 20.0. The van der Waals surface area contributed by atoms with Gasteiger partial charge in [0.05, 0.1) is 6.26 Å². The Morgan fingerprint density at radius 3 is 2.26 bits per heavy atom. The van der Waals surface area contributed by atoms with Crippen LogP contribution in [-0.4, -0.2) is 86.4 Å². The second-order valence-corrected chi connectivity index (χ2v) is 13.4. The van der Waals surface area contributed by atoms with E-state index in [1.54, 1.807) is 0 Å². The number of nitrogens with one attached hydrogen (secondary N) is 2. The summed E-state index contributed by atoms with van der Waals surface area (Å²) < 4.78 is 26.6. The van der Waals surface area contributed by atoms with Crippen molar-refractivity contribution in [2.75, 3.05) is 32.4 Å². The van der Waals surface area contributed by atoms with E-state index in [1.807, 2.05) is 35.2 Å². The number of nitrogens with two attached hydrogens (primary N) is 1. The summed E-state index contributed by atoms with van der Waals surface area (Å²) in [5, 5.41) is 3.03. The summed E-state index contributed by atoms with van der Waals surface area (Å²) in [4.78, 5) is 47.0. The average Bonchev–Trinajstić information content (AvgIpc) is 3.45. The van der Waals surface area contributed by atoms with Crippen molar-refractivity contribution in [2.45, 2.75) is 83.7 Å². The van der Waals surface area contributed by atoms with Crippen LogP contribution in [0.5, 0.6) is 0 Å². The minimum absolute atomic E-state index is 0.0795. The van der Waals surface area contributed by atoms with Crippen LogP contribution in [0.25, 0.3) is 0 Å². The molecule has 2 aliphatic rings. The lowest BCUT2D eigenvalue weighted by Gasteiger charge is -2.33. The number of guanidine groups is 1. The molecular weight excluding hydrogens is 556 g/mol. The van der Waals surface area contributed by atoms with Crippen LogP contribution in [0.4, 0.5) is 0 Å². The number of sulfonamides is 1. The molecule has 42 heavy (non-hydrogen) atoms. The second kappa shape index (κ2) is 16.0. The number of carbonyl (C=O) groups excluding carboxylic acids is 3. The fourth-order valence-electron chi connectivity index (χ4n) is 5.88. The van der Waals surface area contributed by atoms with Gasteiger partial charge >= 0.3 is 0 Å². The van der Waals surface area contributed by atoms with Gasteiger partial charge in [0.1, 0.15) is 12.1 Å². The summed E-state index contributed by atoms with van der Waals surface area (Å²) >= 11 is 0. The summed E-state index contributed by atoms with van der Waals surface area (Å²) in [7, 11) is -3.65. The lowest BCUT2D eigenvalue weighted by atomic mass is 9.96. The third-order valence-corrected chi connectivity index (χ3v) is 8.84. The number of likely N-dealkylation sites (tertiary alicyclic amines) is 2. The molecule has 1 aromatic carbocycles. The molecule has 0 saturated carbocycles. The number of benzene rings is 1. The zero-order valence-electron chi connectivity index (χ0n) is 25.3. The number of rotatable bonds is 13. The summed E-state index contributed by atoms with van der Waals surface area (Å²) in [6, 6.07) is 7.60. The molecule has 3 amide bonds. The molecule has 234 valence electrons. The number of piperidine rings is 1. The van der Waals surface area contributed by atoms with Gasteiger partial charge in [-0.15, -0.1) is 0 Å². The lowest BCUT2D eigenvalue weighted by Crippen LogP contribution is -2.54. The van der Waals surface area contributed by atoms with Crippen LogP contribution < -0.4 is 15.8 Å². The Balaban J connectivity index is 1.53. The van der Waals surface area contributed by atoms with Crippen LogP contribution >= 0.6 is 0 Å². The van der Waals surface area contributed by atoms with E-state index >= 15 is 0 Å². The predicted molar refractivity (Wildman–Crippen MR) is 164 cm³/mol.